The van der Waals surface area contributed by atoms with Crippen molar-refractivity contribution in [3.8, 4) is 27.9 Å². The summed E-state index contributed by atoms with van der Waals surface area (Å²) in [5, 5.41) is 4.67. The van der Waals surface area contributed by atoms with Gasteiger partial charge in [0.25, 0.3) is 0 Å². The molecular formula is C48H32N2O. The smallest absolute Gasteiger partial charge is 0.138 e. The highest BCUT2D eigenvalue weighted by Gasteiger charge is 2.24. The standard InChI is InChI=1S/C48H32N2O/c1-5-17-33(18-6-1)39-28-16-29-41-46-42(32-44-47(40-27-13-14-30-43(40)51-44)45(46)34-19-7-2-8-20-34)50(48(39)41)38-26-15-25-37(31-38)49(35-21-9-3-10-22-35)36-23-11-4-12-24-36/h1-32H. The van der Waals surface area contributed by atoms with Crippen molar-refractivity contribution < 1.29 is 4.42 Å². The first-order chi connectivity index (χ1) is 25.3. The molecule has 8 aromatic carbocycles. The van der Waals surface area contributed by atoms with Gasteiger partial charge in [0.05, 0.1) is 11.0 Å². The first-order valence-electron chi connectivity index (χ1n) is 17.4. The number of nitrogens with zero attached hydrogens (tertiary/aromatic N) is 2. The molecule has 0 aliphatic heterocycles. The number of hydrogen-bond acceptors (Lipinski definition) is 2. The van der Waals surface area contributed by atoms with E-state index in [1.807, 2.05) is 6.07 Å². The van der Waals surface area contributed by atoms with Crippen molar-refractivity contribution in [2.45, 2.75) is 0 Å². The fourth-order valence-electron chi connectivity index (χ4n) is 7.81. The maximum absolute atomic E-state index is 6.68. The maximum Gasteiger partial charge on any atom is 0.138 e. The number of fused-ring (bicyclic) bond motifs is 6. The van der Waals surface area contributed by atoms with Crippen LogP contribution < -0.4 is 4.90 Å². The average Bonchev–Trinajstić information content (AvgIpc) is 3.74. The van der Waals surface area contributed by atoms with Crippen LogP contribution in [0.3, 0.4) is 0 Å². The van der Waals surface area contributed by atoms with E-state index in [1.54, 1.807) is 0 Å². The Bertz CT molecular complexity index is 2800. The van der Waals surface area contributed by atoms with Crippen molar-refractivity contribution in [3.05, 3.63) is 194 Å². The maximum atomic E-state index is 6.68. The molecule has 0 unspecified atom stereocenters. The summed E-state index contributed by atoms with van der Waals surface area (Å²) in [5.41, 5.74) is 13.1. The minimum atomic E-state index is 0.874. The van der Waals surface area contributed by atoms with E-state index >= 15 is 0 Å². The Labute approximate surface area is 295 Å². The van der Waals surface area contributed by atoms with E-state index in [-0.39, 0.29) is 0 Å². The van der Waals surface area contributed by atoms with Crippen LogP contribution in [0.1, 0.15) is 0 Å². The minimum Gasteiger partial charge on any atom is -0.456 e. The molecule has 0 saturated carbocycles. The SMILES string of the molecule is c1ccc(-c2c3c(cc4c2c2cccc(-c5ccccc5)c2n4-c2cccc(N(c4ccccc4)c4ccccc4)c2)oc2ccccc23)cc1. The van der Waals surface area contributed by atoms with Gasteiger partial charge in [-0.2, -0.15) is 0 Å². The molecule has 0 amide bonds. The summed E-state index contributed by atoms with van der Waals surface area (Å²) in [6.07, 6.45) is 0. The van der Waals surface area contributed by atoms with E-state index in [0.717, 1.165) is 61.3 Å². The molecule has 0 aliphatic rings. The highest BCUT2D eigenvalue weighted by molar-refractivity contribution is 6.28. The van der Waals surface area contributed by atoms with Crippen LogP contribution >= 0.6 is 0 Å². The summed E-state index contributed by atoms with van der Waals surface area (Å²) in [7, 11) is 0. The van der Waals surface area contributed by atoms with Crippen molar-refractivity contribution in [3.63, 3.8) is 0 Å². The van der Waals surface area contributed by atoms with Gasteiger partial charge in [0.2, 0.25) is 0 Å². The van der Waals surface area contributed by atoms with E-state index in [4.69, 9.17) is 4.42 Å². The molecule has 0 aliphatic carbocycles. The lowest BCUT2D eigenvalue weighted by molar-refractivity contribution is 0.669. The van der Waals surface area contributed by atoms with Gasteiger partial charge in [-0.25, -0.2) is 0 Å². The molecule has 3 nitrogen and oxygen atoms in total. The van der Waals surface area contributed by atoms with Crippen LogP contribution in [-0.4, -0.2) is 4.57 Å². The fraction of sp³-hybridized carbons (Fsp3) is 0. The zero-order valence-corrected chi connectivity index (χ0v) is 27.8. The Kier molecular flexibility index (Phi) is 6.81. The van der Waals surface area contributed by atoms with Gasteiger partial charge in [-0.3, -0.25) is 0 Å². The summed E-state index contributed by atoms with van der Waals surface area (Å²) in [5.74, 6) is 0. The lowest BCUT2D eigenvalue weighted by Gasteiger charge is -2.26. The molecule has 10 rings (SSSR count). The number of anilines is 3. The molecule has 240 valence electrons. The zero-order valence-electron chi connectivity index (χ0n) is 27.8. The Hall–Kier alpha value is -6.84. The number of aromatic nitrogens is 1. The Morgan fingerprint density at radius 1 is 0.412 bits per heavy atom. The topological polar surface area (TPSA) is 21.3 Å². The third-order valence-corrected chi connectivity index (χ3v) is 9.94. The summed E-state index contributed by atoms with van der Waals surface area (Å²) in [6.45, 7) is 0. The van der Waals surface area contributed by atoms with Crippen LogP contribution in [0.2, 0.25) is 0 Å². The number of hydrogen-bond donors (Lipinski definition) is 0. The molecular weight excluding hydrogens is 621 g/mol. The number of benzene rings is 8. The predicted octanol–water partition coefficient (Wildman–Crippen LogP) is 13.5. The molecule has 10 aromatic rings. The predicted molar refractivity (Wildman–Crippen MR) is 214 cm³/mol. The molecule has 2 heterocycles. The molecule has 0 radical (unpaired) electrons. The average molecular weight is 653 g/mol. The van der Waals surface area contributed by atoms with Gasteiger partial charge in [-0.05, 0) is 59.7 Å². The Balaban J connectivity index is 1.35. The van der Waals surface area contributed by atoms with Gasteiger partial charge in [-0.15, -0.1) is 0 Å². The van der Waals surface area contributed by atoms with Crippen LogP contribution in [0.25, 0.3) is 71.7 Å². The van der Waals surface area contributed by atoms with Crippen LogP contribution in [0.15, 0.2) is 199 Å². The van der Waals surface area contributed by atoms with Crippen LogP contribution in [0.5, 0.6) is 0 Å². The highest BCUT2D eigenvalue weighted by Crippen LogP contribution is 2.48. The fourth-order valence-corrected chi connectivity index (χ4v) is 7.81. The molecule has 0 fully saturated rings. The summed E-state index contributed by atoms with van der Waals surface area (Å²) in [4.78, 5) is 2.32. The third-order valence-electron chi connectivity index (χ3n) is 9.94. The Morgan fingerprint density at radius 3 is 1.69 bits per heavy atom. The van der Waals surface area contributed by atoms with E-state index in [2.05, 4.69) is 198 Å². The van der Waals surface area contributed by atoms with E-state index < -0.39 is 0 Å². The molecule has 0 atom stereocenters. The first kappa shape index (κ1) is 29.1. The van der Waals surface area contributed by atoms with Crippen molar-refractivity contribution in [2.75, 3.05) is 4.90 Å². The molecule has 0 N–H and O–H groups in total. The normalized spacial score (nSPS) is 11.5. The number of furan rings is 1. The molecule has 3 heteroatoms. The summed E-state index contributed by atoms with van der Waals surface area (Å²) < 4.78 is 9.13. The third kappa shape index (κ3) is 4.74. The van der Waals surface area contributed by atoms with Crippen molar-refractivity contribution in [1.29, 1.82) is 0 Å². The first-order valence-corrected chi connectivity index (χ1v) is 17.4. The molecule has 0 spiro atoms. The van der Waals surface area contributed by atoms with Crippen LogP contribution in [0.4, 0.5) is 17.1 Å². The molecule has 0 bridgehead atoms. The van der Waals surface area contributed by atoms with Crippen molar-refractivity contribution >= 4 is 60.8 Å². The van der Waals surface area contributed by atoms with Gasteiger partial charge >= 0.3 is 0 Å². The van der Waals surface area contributed by atoms with Crippen molar-refractivity contribution in [2.24, 2.45) is 0 Å². The zero-order chi connectivity index (χ0) is 33.7. The quantitative estimate of drug-likeness (QED) is 0.178. The summed E-state index contributed by atoms with van der Waals surface area (Å²) >= 11 is 0. The monoisotopic (exact) mass is 652 g/mol. The molecule has 2 aromatic heterocycles. The van der Waals surface area contributed by atoms with Gasteiger partial charge in [0.1, 0.15) is 11.2 Å². The minimum absolute atomic E-state index is 0.874. The second kappa shape index (κ2) is 11.9. The van der Waals surface area contributed by atoms with E-state index in [1.165, 1.54) is 27.5 Å². The number of para-hydroxylation sites is 4. The number of rotatable bonds is 6. The highest BCUT2D eigenvalue weighted by atomic mass is 16.3. The lowest BCUT2D eigenvalue weighted by Crippen LogP contribution is -2.10. The van der Waals surface area contributed by atoms with E-state index in [9.17, 15) is 0 Å². The second-order valence-corrected chi connectivity index (χ2v) is 12.9. The molecule has 51 heavy (non-hydrogen) atoms. The van der Waals surface area contributed by atoms with Crippen LogP contribution in [0, 0.1) is 0 Å². The van der Waals surface area contributed by atoms with Crippen molar-refractivity contribution in [1.82, 2.24) is 4.57 Å². The van der Waals surface area contributed by atoms with Gasteiger partial charge < -0.3 is 13.9 Å². The second-order valence-electron chi connectivity index (χ2n) is 12.9. The largest absolute Gasteiger partial charge is 0.456 e. The lowest BCUT2D eigenvalue weighted by atomic mass is 9.93. The van der Waals surface area contributed by atoms with Crippen LogP contribution in [-0.2, 0) is 0 Å². The van der Waals surface area contributed by atoms with Gasteiger partial charge in [0, 0.05) is 61.5 Å². The van der Waals surface area contributed by atoms with E-state index in [0.29, 0.717) is 0 Å². The summed E-state index contributed by atoms with van der Waals surface area (Å²) in [6, 6.07) is 69.0. The van der Waals surface area contributed by atoms with Gasteiger partial charge in [-0.1, -0.05) is 140 Å². The van der Waals surface area contributed by atoms with Gasteiger partial charge in [0.15, 0.2) is 0 Å². The molecule has 0 saturated heterocycles. The Morgan fingerprint density at radius 2 is 0.980 bits per heavy atom.